The van der Waals surface area contributed by atoms with Gasteiger partial charge in [0.2, 0.25) is 0 Å². The van der Waals surface area contributed by atoms with E-state index in [9.17, 15) is 0 Å². The van der Waals surface area contributed by atoms with Crippen molar-refractivity contribution in [1.82, 2.24) is 15.1 Å². The van der Waals surface area contributed by atoms with Crippen molar-refractivity contribution < 1.29 is 9.15 Å². The van der Waals surface area contributed by atoms with E-state index in [0.29, 0.717) is 18.2 Å². The fourth-order valence-corrected chi connectivity index (χ4v) is 2.92. The second-order valence-electron chi connectivity index (χ2n) is 5.07. The highest BCUT2D eigenvalue weighted by atomic mass is 35.5. The first-order valence-corrected chi connectivity index (χ1v) is 7.32. The van der Waals surface area contributed by atoms with Crippen LogP contribution in [0, 0.1) is 20.8 Å². The maximum absolute atomic E-state index is 6.36. The number of methoxy groups -OCH3 is 1. The Morgan fingerprint density at radius 3 is 2.62 bits per heavy atom. The average Bonchev–Trinajstić information content (AvgIpc) is 2.93. The van der Waals surface area contributed by atoms with Crippen LogP contribution in [0.3, 0.4) is 0 Å². The van der Waals surface area contributed by atoms with Crippen LogP contribution in [0.1, 0.15) is 34.4 Å². The van der Waals surface area contributed by atoms with Gasteiger partial charge in [-0.25, -0.2) is 0 Å². The van der Waals surface area contributed by atoms with Crippen molar-refractivity contribution in [1.29, 1.82) is 0 Å². The largest absolute Gasteiger partial charge is 0.466 e. The smallest absolute Gasteiger partial charge is 0.106 e. The van der Waals surface area contributed by atoms with Crippen molar-refractivity contribution >= 4 is 11.6 Å². The minimum atomic E-state index is -0.0608. The van der Waals surface area contributed by atoms with Gasteiger partial charge in [0.05, 0.1) is 36.1 Å². The van der Waals surface area contributed by atoms with Gasteiger partial charge in [0.25, 0.3) is 0 Å². The van der Waals surface area contributed by atoms with Crippen LogP contribution in [0.4, 0.5) is 0 Å². The van der Waals surface area contributed by atoms with E-state index >= 15 is 0 Å². The number of aryl methyl sites for hydroxylation is 2. The van der Waals surface area contributed by atoms with E-state index in [1.165, 1.54) is 0 Å². The van der Waals surface area contributed by atoms with Crippen LogP contribution < -0.4 is 5.32 Å². The first-order chi connectivity index (χ1) is 10.0. The molecule has 1 atom stereocenters. The van der Waals surface area contributed by atoms with Crippen LogP contribution in [0.5, 0.6) is 0 Å². The normalized spacial score (nSPS) is 12.9. The standard InChI is InChI=1S/C15H22ClN3O2/c1-9-10(2)21-11(3)13(9)14(17-4)15-12(16)8-18-19(15)6-7-20-5/h8,14,17H,6-7H2,1-5H3. The lowest BCUT2D eigenvalue weighted by Crippen LogP contribution is -2.23. The fraction of sp³-hybridized carbons (Fsp3) is 0.533. The molecule has 0 aliphatic rings. The van der Waals surface area contributed by atoms with E-state index in [4.69, 9.17) is 20.8 Å². The molecule has 2 aromatic rings. The summed E-state index contributed by atoms with van der Waals surface area (Å²) in [6, 6.07) is -0.0608. The number of hydrogen-bond acceptors (Lipinski definition) is 4. The molecule has 0 fully saturated rings. The van der Waals surface area contributed by atoms with E-state index in [2.05, 4.69) is 17.3 Å². The van der Waals surface area contributed by atoms with Gasteiger partial charge < -0.3 is 14.5 Å². The summed E-state index contributed by atoms with van der Waals surface area (Å²) in [7, 11) is 3.59. The highest BCUT2D eigenvalue weighted by Gasteiger charge is 2.26. The van der Waals surface area contributed by atoms with Crippen LogP contribution >= 0.6 is 11.6 Å². The van der Waals surface area contributed by atoms with E-state index in [1.807, 2.05) is 25.6 Å². The lowest BCUT2D eigenvalue weighted by Gasteiger charge is -2.19. The highest BCUT2D eigenvalue weighted by Crippen LogP contribution is 2.34. The van der Waals surface area contributed by atoms with Crippen molar-refractivity contribution in [2.24, 2.45) is 0 Å². The van der Waals surface area contributed by atoms with Gasteiger partial charge in [-0.3, -0.25) is 4.68 Å². The number of aromatic nitrogens is 2. The van der Waals surface area contributed by atoms with Crippen LogP contribution in [-0.2, 0) is 11.3 Å². The Balaban J connectivity index is 2.49. The zero-order valence-corrected chi connectivity index (χ0v) is 13.9. The highest BCUT2D eigenvalue weighted by molar-refractivity contribution is 6.31. The molecule has 0 saturated heterocycles. The molecule has 5 nitrogen and oxygen atoms in total. The molecule has 0 amide bonds. The first kappa shape index (κ1) is 16.1. The van der Waals surface area contributed by atoms with Crippen LogP contribution in [0.2, 0.25) is 5.02 Å². The van der Waals surface area contributed by atoms with Crippen molar-refractivity contribution in [2.45, 2.75) is 33.4 Å². The summed E-state index contributed by atoms with van der Waals surface area (Å²) in [5, 5.41) is 8.32. The van der Waals surface area contributed by atoms with Gasteiger partial charge in [-0.2, -0.15) is 5.10 Å². The van der Waals surface area contributed by atoms with Gasteiger partial charge in [0.1, 0.15) is 11.5 Å². The molecule has 2 heterocycles. The summed E-state index contributed by atoms with van der Waals surface area (Å²) in [6.45, 7) is 7.26. The Kier molecular flexibility index (Phi) is 5.08. The molecule has 0 spiro atoms. The molecule has 116 valence electrons. The lowest BCUT2D eigenvalue weighted by atomic mass is 9.99. The number of ether oxygens (including phenoxy) is 1. The zero-order chi connectivity index (χ0) is 15.6. The second-order valence-corrected chi connectivity index (χ2v) is 5.48. The Morgan fingerprint density at radius 1 is 1.38 bits per heavy atom. The number of hydrogen-bond donors (Lipinski definition) is 1. The van der Waals surface area contributed by atoms with Gasteiger partial charge in [-0.05, 0) is 33.4 Å². The molecule has 0 aliphatic heterocycles. The SMILES string of the molecule is CNC(c1c(C)oc(C)c1C)c1c(Cl)cnn1CCOC. The maximum atomic E-state index is 6.36. The van der Waals surface area contributed by atoms with E-state index < -0.39 is 0 Å². The second kappa shape index (κ2) is 6.64. The number of nitrogens with one attached hydrogen (secondary N) is 1. The quantitative estimate of drug-likeness (QED) is 0.891. The van der Waals surface area contributed by atoms with Gasteiger partial charge in [0, 0.05) is 12.7 Å². The molecular formula is C15H22ClN3O2. The van der Waals surface area contributed by atoms with Crippen molar-refractivity contribution in [3.63, 3.8) is 0 Å². The molecule has 2 aromatic heterocycles. The molecule has 2 rings (SSSR count). The van der Waals surface area contributed by atoms with Gasteiger partial charge in [-0.1, -0.05) is 11.6 Å². The van der Waals surface area contributed by atoms with Crippen LogP contribution in [0.25, 0.3) is 0 Å². The molecule has 21 heavy (non-hydrogen) atoms. The third-order valence-electron chi connectivity index (χ3n) is 3.81. The summed E-state index contributed by atoms with van der Waals surface area (Å²) in [4.78, 5) is 0. The Hall–Kier alpha value is -1.30. The summed E-state index contributed by atoms with van der Waals surface area (Å²) in [6.07, 6.45) is 1.68. The van der Waals surface area contributed by atoms with E-state index in [0.717, 1.165) is 28.3 Å². The molecule has 1 N–H and O–H groups in total. The first-order valence-electron chi connectivity index (χ1n) is 6.95. The third kappa shape index (κ3) is 3.00. The third-order valence-corrected chi connectivity index (χ3v) is 4.10. The Bertz CT molecular complexity index is 619. The van der Waals surface area contributed by atoms with Crippen molar-refractivity contribution in [3.8, 4) is 0 Å². The Morgan fingerprint density at radius 2 is 2.10 bits per heavy atom. The molecule has 1 unspecified atom stereocenters. The maximum Gasteiger partial charge on any atom is 0.106 e. The minimum Gasteiger partial charge on any atom is -0.466 e. The number of rotatable bonds is 6. The lowest BCUT2D eigenvalue weighted by molar-refractivity contribution is 0.182. The van der Waals surface area contributed by atoms with Gasteiger partial charge in [0.15, 0.2) is 0 Å². The van der Waals surface area contributed by atoms with Crippen LogP contribution in [0.15, 0.2) is 10.6 Å². The number of nitrogens with zero attached hydrogens (tertiary/aromatic N) is 2. The molecule has 0 aromatic carbocycles. The Labute approximate surface area is 130 Å². The molecule has 0 saturated carbocycles. The van der Waals surface area contributed by atoms with Crippen molar-refractivity contribution in [2.75, 3.05) is 20.8 Å². The number of halogens is 1. The molecular weight excluding hydrogens is 290 g/mol. The predicted octanol–water partition coefficient (Wildman–Crippen LogP) is 3.01. The van der Waals surface area contributed by atoms with E-state index in [1.54, 1.807) is 13.3 Å². The van der Waals surface area contributed by atoms with Crippen LogP contribution in [-0.4, -0.2) is 30.5 Å². The molecule has 0 radical (unpaired) electrons. The summed E-state index contributed by atoms with van der Waals surface area (Å²) < 4.78 is 12.8. The average molecular weight is 312 g/mol. The van der Waals surface area contributed by atoms with Gasteiger partial charge in [-0.15, -0.1) is 0 Å². The summed E-state index contributed by atoms with van der Waals surface area (Å²) in [5.74, 6) is 1.83. The topological polar surface area (TPSA) is 52.2 Å². The molecule has 6 heteroatoms. The summed E-state index contributed by atoms with van der Waals surface area (Å²) in [5.41, 5.74) is 3.20. The molecule has 0 bridgehead atoms. The fourth-order valence-electron chi connectivity index (χ4n) is 2.67. The summed E-state index contributed by atoms with van der Waals surface area (Å²) >= 11 is 6.36. The minimum absolute atomic E-state index is 0.0608. The number of furan rings is 1. The van der Waals surface area contributed by atoms with E-state index in [-0.39, 0.29) is 6.04 Å². The zero-order valence-electron chi connectivity index (χ0n) is 13.2. The predicted molar refractivity (Wildman–Crippen MR) is 82.9 cm³/mol. The molecule has 0 aliphatic carbocycles. The monoisotopic (exact) mass is 311 g/mol. The van der Waals surface area contributed by atoms with Gasteiger partial charge >= 0.3 is 0 Å². The van der Waals surface area contributed by atoms with Crippen molar-refractivity contribution in [3.05, 3.63) is 39.6 Å².